The van der Waals surface area contributed by atoms with Gasteiger partial charge in [-0.25, -0.2) is 0 Å². The fourth-order valence-corrected chi connectivity index (χ4v) is 4.06. The minimum atomic E-state index is 0.863. The van der Waals surface area contributed by atoms with Gasteiger partial charge in [-0.3, -0.25) is 0 Å². The number of hydrogen-bond donors (Lipinski definition) is 2. The molecular weight excluding hydrogens is 467 g/mol. The molecule has 0 bridgehead atoms. The highest BCUT2D eigenvalue weighted by molar-refractivity contribution is 14.1. The summed E-state index contributed by atoms with van der Waals surface area (Å²) in [6.07, 6.45) is 4.04. The van der Waals surface area contributed by atoms with Gasteiger partial charge in [-0.05, 0) is 82.8 Å². The van der Waals surface area contributed by atoms with E-state index in [0.717, 1.165) is 30.6 Å². The lowest BCUT2D eigenvalue weighted by atomic mass is 10.0. The van der Waals surface area contributed by atoms with Crippen molar-refractivity contribution < 1.29 is 0 Å². The van der Waals surface area contributed by atoms with Crippen LogP contribution >= 0.6 is 22.6 Å². The Kier molecular flexibility index (Phi) is 6.05. The van der Waals surface area contributed by atoms with Crippen molar-refractivity contribution in [1.82, 2.24) is 10.3 Å². The number of rotatable bonds is 7. The van der Waals surface area contributed by atoms with Crippen molar-refractivity contribution in [3.63, 3.8) is 0 Å². The third-order valence-electron chi connectivity index (χ3n) is 5.29. The number of benzene rings is 3. The van der Waals surface area contributed by atoms with Crippen molar-refractivity contribution in [1.29, 1.82) is 0 Å². The van der Waals surface area contributed by atoms with E-state index in [4.69, 9.17) is 0 Å². The Balaban J connectivity index is 1.33. The van der Waals surface area contributed by atoms with E-state index in [2.05, 4.69) is 119 Å². The van der Waals surface area contributed by atoms with E-state index >= 15 is 0 Å². The quantitative estimate of drug-likeness (QED) is 0.284. The van der Waals surface area contributed by atoms with Crippen molar-refractivity contribution in [2.75, 3.05) is 6.54 Å². The third kappa shape index (κ3) is 4.91. The lowest BCUT2D eigenvalue weighted by molar-refractivity contribution is 0.853. The predicted molar refractivity (Wildman–Crippen MR) is 132 cm³/mol. The van der Waals surface area contributed by atoms with Crippen LogP contribution in [0.5, 0.6) is 0 Å². The van der Waals surface area contributed by atoms with E-state index in [9.17, 15) is 0 Å². The van der Waals surface area contributed by atoms with Crippen molar-refractivity contribution in [3.05, 3.63) is 111 Å². The molecule has 0 atom stereocenters. The molecule has 0 amide bonds. The molecule has 0 saturated carbocycles. The van der Waals surface area contributed by atoms with Gasteiger partial charge >= 0.3 is 0 Å². The van der Waals surface area contributed by atoms with Gasteiger partial charge in [-0.15, -0.1) is 0 Å². The van der Waals surface area contributed by atoms with Gasteiger partial charge in [0.25, 0.3) is 0 Å². The summed E-state index contributed by atoms with van der Waals surface area (Å²) >= 11 is 2.37. The average Bonchev–Trinajstić information content (AvgIpc) is 3.12. The molecule has 0 saturated heterocycles. The maximum absolute atomic E-state index is 4.22. The van der Waals surface area contributed by atoms with Gasteiger partial charge < -0.3 is 10.3 Å². The smallest absolute Gasteiger partial charge is 0.0457 e. The van der Waals surface area contributed by atoms with E-state index in [1.54, 1.807) is 0 Å². The molecule has 1 aromatic heterocycles. The van der Waals surface area contributed by atoms with Crippen LogP contribution in [0.3, 0.4) is 0 Å². The summed E-state index contributed by atoms with van der Waals surface area (Å²) in [5, 5.41) is 4.79. The van der Waals surface area contributed by atoms with E-state index in [0.29, 0.717) is 0 Å². The van der Waals surface area contributed by atoms with Crippen LogP contribution in [0.4, 0.5) is 0 Å². The molecule has 0 spiro atoms. The number of halogens is 1. The molecular formula is C26H25IN2. The number of aromatic nitrogens is 1. The normalized spacial score (nSPS) is 11.0. The Bertz CT molecular complexity index is 1120. The van der Waals surface area contributed by atoms with Crippen LogP contribution < -0.4 is 5.32 Å². The van der Waals surface area contributed by atoms with Crippen molar-refractivity contribution in [2.45, 2.75) is 19.8 Å². The Morgan fingerprint density at radius 1 is 0.966 bits per heavy atom. The predicted octanol–water partition coefficient (Wildman–Crippen LogP) is 6.47. The van der Waals surface area contributed by atoms with E-state index in [-0.39, 0.29) is 0 Å². The molecule has 146 valence electrons. The number of aromatic amines is 1. The first kappa shape index (κ1) is 19.8. The highest BCUT2D eigenvalue weighted by Crippen LogP contribution is 2.21. The zero-order valence-corrected chi connectivity index (χ0v) is 18.8. The molecule has 0 fully saturated rings. The first-order valence-electron chi connectivity index (χ1n) is 9.91. The summed E-state index contributed by atoms with van der Waals surface area (Å²) < 4.78 is 1.26. The summed E-state index contributed by atoms with van der Waals surface area (Å²) in [7, 11) is 0. The number of aryl methyl sites for hydroxylation is 1. The molecule has 2 N–H and O–H groups in total. The lowest BCUT2D eigenvalue weighted by Gasteiger charge is -2.11. The van der Waals surface area contributed by atoms with Crippen LogP contribution in [0.25, 0.3) is 16.6 Å². The summed E-state index contributed by atoms with van der Waals surface area (Å²) in [4.78, 5) is 3.36. The minimum Gasteiger partial charge on any atom is -0.385 e. The zero-order valence-electron chi connectivity index (χ0n) is 16.6. The largest absolute Gasteiger partial charge is 0.385 e. The minimum absolute atomic E-state index is 0.863. The lowest BCUT2D eigenvalue weighted by Crippen LogP contribution is -2.15. The topological polar surface area (TPSA) is 27.8 Å². The molecule has 2 nitrogen and oxygen atoms in total. The fraction of sp³-hybridized carbons (Fsp3) is 0.154. The van der Waals surface area contributed by atoms with Gasteiger partial charge in [-0.1, -0.05) is 60.7 Å². The standard InChI is InChI=1S/C26H25IN2/c1-18-3-5-20(6-4-18)15-21-7-9-22(10-8-21)19(2)28-14-13-23-17-29-26-12-11-24(27)16-25(23)26/h3-12,16-17,28-29H,2,13-15H2,1H3. The molecule has 29 heavy (non-hydrogen) atoms. The van der Waals surface area contributed by atoms with Gasteiger partial charge in [0.1, 0.15) is 0 Å². The summed E-state index contributed by atoms with van der Waals surface area (Å²) in [6, 6.07) is 24.0. The Morgan fingerprint density at radius 2 is 1.66 bits per heavy atom. The SMILES string of the molecule is C=C(NCCc1c[nH]c2ccc(I)cc12)c1ccc(Cc2ccc(C)cc2)cc1. The Hall–Kier alpha value is -2.53. The second-order valence-electron chi connectivity index (χ2n) is 7.52. The van der Waals surface area contributed by atoms with Crippen molar-refractivity contribution >= 4 is 39.2 Å². The molecule has 0 aliphatic heterocycles. The first-order valence-corrected chi connectivity index (χ1v) is 11.0. The summed E-state index contributed by atoms with van der Waals surface area (Å²) in [6.45, 7) is 7.21. The van der Waals surface area contributed by atoms with Crippen molar-refractivity contribution in [2.24, 2.45) is 0 Å². The molecule has 4 rings (SSSR count). The molecule has 4 aromatic rings. The maximum atomic E-state index is 4.22. The Morgan fingerprint density at radius 3 is 2.38 bits per heavy atom. The number of H-pyrrole nitrogens is 1. The van der Waals surface area contributed by atoms with Crippen LogP contribution in [-0.2, 0) is 12.8 Å². The van der Waals surface area contributed by atoms with Gasteiger partial charge in [-0.2, -0.15) is 0 Å². The highest BCUT2D eigenvalue weighted by atomic mass is 127. The number of nitrogens with one attached hydrogen (secondary N) is 2. The summed E-state index contributed by atoms with van der Waals surface area (Å²) in [5.41, 5.74) is 8.62. The molecule has 0 radical (unpaired) electrons. The van der Waals surface area contributed by atoms with Gasteiger partial charge in [0.15, 0.2) is 0 Å². The second kappa shape index (κ2) is 8.87. The third-order valence-corrected chi connectivity index (χ3v) is 5.96. The molecule has 1 heterocycles. The van der Waals surface area contributed by atoms with Gasteiger partial charge in [0, 0.05) is 32.9 Å². The monoisotopic (exact) mass is 492 g/mol. The van der Waals surface area contributed by atoms with E-state index in [1.807, 2.05) is 0 Å². The van der Waals surface area contributed by atoms with E-state index < -0.39 is 0 Å². The van der Waals surface area contributed by atoms with Crippen LogP contribution in [0.15, 0.2) is 79.5 Å². The molecule has 3 aromatic carbocycles. The van der Waals surface area contributed by atoms with E-state index in [1.165, 1.54) is 36.7 Å². The number of fused-ring (bicyclic) bond motifs is 1. The molecule has 3 heteroatoms. The zero-order chi connectivity index (χ0) is 20.2. The Labute approximate surface area is 186 Å². The maximum Gasteiger partial charge on any atom is 0.0457 e. The number of hydrogen-bond acceptors (Lipinski definition) is 1. The van der Waals surface area contributed by atoms with Gasteiger partial charge in [0.2, 0.25) is 0 Å². The fourth-order valence-electron chi connectivity index (χ4n) is 3.57. The molecule has 0 unspecified atom stereocenters. The van der Waals surface area contributed by atoms with Crippen molar-refractivity contribution in [3.8, 4) is 0 Å². The second-order valence-corrected chi connectivity index (χ2v) is 8.76. The summed E-state index contributed by atoms with van der Waals surface area (Å²) in [5.74, 6) is 0. The first-order chi connectivity index (χ1) is 14.1. The molecule has 0 aliphatic carbocycles. The molecule has 0 aliphatic rings. The van der Waals surface area contributed by atoms with Crippen LogP contribution in [0, 0.1) is 10.5 Å². The average molecular weight is 492 g/mol. The van der Waals surface area contributed by atoms with Gasteiger partial charge in [0.05, 0.1) is 0 Å². The highest BCUT2D eigenvalue weighted by Gasteiger charge is 2.05. The van der Waals surface area contributed by atoms with Crippen LogP contribution in [0.2, 0.25) is 0 Å². The van der Waals surface area contributed by atoms with Crippen LogP contribution in [0.1, 0.15) is 27.8 Å². The van der Waals surface area contributed by atoms with Crippen LogP contribution in [-0.4, -0.2) is 11.5 Å².